The van der Waals surface area contributed by atoms with Crippen LogP contribution in [0.2, 0.25) is 0 Å². The highest BCUT2D eigenvalue weighted by atomic mass is 16.5. The van der Waals surface area contributed by atoms with Crippen LogP contribution in [0.4, 0.5) is 0 Å². The van der Waals surface area contributed by atoms with E-state index in [2.05, 4.69) is 19.9 Å². The van der Waals surface area contributed by atoms with Crippen molar-refractivity contribution < 1.29 is 9.53 Å². The number of carbonyl (C=O) groups excluding carboxylic acids is 1. The van der Waals surface area contributed by atoms with Crippen molar-refractivity contribution in [2.75, 3.05) is 0 Å². The van der Waals surface area contributed by atoms with Crippen LogP contribution in [0, 0.1) is 18.8 Å². The molecule has 0 aromatic heterocycles. The lowest BCUT2D eigenvalue weighted by molar-refractivity contribution is -0.134. The van der Waals surface area contributed by atoms with Crippen LogP contribution in [0.3, 0.4) is 0 Å². The van der Waals surface area contributed by atoms with E-state index in [9.17, 15) is 4.79 Å². The number of ether oxygens (including phenoxy) is 1. The van der Waals surface area contributed by atoms with E-state index in [0.717, 1.165) is 24.7 Å². The average molecular weight is 415 g/mol. The lowest BCUT2D eigenvalue weighted by Crippen LogP contribution is -2.15. The summed E-state index contributed by atoms with van der Waals surface area (Å²) in [7, 11) is 0. The Bertz CT molecular complexity index is 599. The third kappa shape index (κ3) is 9.67. The second-order valence-electron chi connectivity index (χ2n) is 9.65. The highest BCUT2D eigenvalue weighted by molar-refractivity contribution is 5.72. The molecule has 0 bridgehead atoms. The second-order valence-corrected chi connectivity index (χ2v) is 9.65. The maximum atomic E-state index is 11.7. The Balaban J connectivity index is 1.61. The van der Waals surface area contributed by atoms with E-state index in [0.29, 0.717) is 12.2 Å². The minimum Gasteiger partial charge on any atom is -0.427 e. The van der Waals surface area contributed by atoms with E-state index >= 15 is 0 Å². The van der Waals surface area contributed by atoms with Crippen molar-refractivity contribution in [1.82, 2.24) is 0 Å². The molecule has 1 aromatic carbocycles. The van der Waals surface area contributed by atoms with Crippen molar-refractivity contribution >= 4 is 5.97 Å². The van der Waals surface area contributed by atoms with E-state index in [1.165, 1.54) is 94.6 Å². The average Bonchev–Trinajstić information content (AvgIpc) is 2.73. The summed E-state index contributed by atoms with van der Waals surface area (Å²) in [5, 5.41) is 0. The molecule has 0 aliphatic heterocycles. The predicted molar refractivity (Wildman–Crippen MR) is 128 cm³/mol. The Labute approximate surface area is 186 Å². The summed E-state index contributed by atoms with van der Waals surface area (Å²) in [6, 6.07) is 6.16. The Morgan fingerprint density at radius 3 is 2.13 bits per heavy atom. The van der Waals surface area contributed by atoms with E-state index in [4.69, 9.17) is 4.74 Å². The van der Waals surface area contributed by atoms with E-state index in [1.54, 1.807) is 0 Å². The van der Waals surface area contributed by atoms with Gasteiger partial charge in [0.15, 0.2) is 0 Å². The molecule has 170 valence electrons. The maximum absolute atomic E-state index is 11.7. The van der Waals surface area contributed by atoms with Crippen LogP contribution in [0.1, 0.15) is 121 Å². The van der Waals surface area contributed by atoms with Crippen molar-refractivity contribution in [3.63, 3.8) is 0 Å². The molecule has 0 unspecified atom stereocenters. The third-order valence-electron chi connectivity index (χ3n) is 7.00. The fourth-order valence-corrected chi connectivity index (χ4v) is 4.96. The largest absolute Gasteiger partial charge is 0.427 e. The molecule has 1 fully saturated rings. The topological polar surface area (TPSA) is 26.3 Å². The van der Waals surface area contributed by atoms with Gasteiger partial charge in [0.05, 0.1) is 0 Å². The van der Waals surface area contributed by atoms with Crippen LogP contribution < -0.4 is 4.74 Å². The number of hydrogen-bond donors (Lipinski definition) is 0. The molecule has 0 amide bonds. The summed E-state index contributed by atoms with van der Waals surface area (Å²) in [4.78, 5) is 11.7. The molecule has 1 saturated carbocycles. The van der Waals surface area contributed by atoms with Crippen LogP contribution in [0.15, 0.2) is 18.2 Å². The van der Waals surface area contributed by atoms with Crippen molar-refractivity contribution in [2.45, 2.75) is 124 Å². The molecule has 0 atom stereocenters. The van der Waals surface area contributed by atoms with Gasteiger partial charge in [-0.3, -0.25) is 4.79 Å². The zero-order chi connectivity index (χ0) is 21.6. The second kappa shape index (κ2) is 14.7. The molecule has 1 aromatic rings. The van der Waals surface area contributed by atoms with Gasteiger partial charge in [-0.25, -0.2) is 0 Å². The van der Waals surface area contributed by atoms with Gasteiger partial charge in [0, 0.05) is 6.42 Å². The number of carbonyl (C=O) groups is 1. The van der Waals surface area contributed by atoms with Gasteiger partial charge >= 0.3 is 5.97 Å². The van der Waals surface area contributed by atoms with Gasteiger partial charge in [0.25, 0.3) is 0 Å². The number of esters is 1. The molecule has 0 saturated heterocycles. The molecule has 0 N–H and O–H groups in total. The van der Waals surface area contributed by atoms with Gasteiger partial charge in [0.2, 0.25) is 0 Å². The van der Waals surface area contributed by atoms with Crippen LogP contribution in [0.25, 0.3) is 0 Å². The Morgan fingerprint density at radius 2 is 1.50 bits per heavy atom. The number of aryl methyl sites for hydroxylation is 2. The molecule has 1 aliphatic rings. The zero-order valence-electron chi connectivity index (χ0n) is 20.0. The van der Waals surface area contributed by atoms with Crippen molar-refractivity contribution in [3.05, 3.63) is 29.3 Å². The molecular formula is C28H46O2. The van der Waals surface area contributed by atoms with Crippen LogP contribution in [0.5, 0.6) is 5.75 Å². The van der Waals surface area contributed by atoms with Crippen molar-refractivity contribution in [1.29, 1.82) is 0 Å². The minimum atomic E-state index is -0.127. The summed E-state index contributed by atoms with van der Waals surface area (Å²) in [5.41, 5.74) is 2.67. The van der Waals surface area contributed by atoms with Gasteiger partial charge in [-0.1, -0.05) is 97.0 Å². The van der Waals surface area contributed by atoms with Crippen LogP contribution in [-0.4, -0.2) is 5.97 Å². The fourth-order valence-electron chi connectivity index (χ4n) is 4.96. The summed E-state index contributed by atoms with van der Waals surface area (Å²) in [6.07, 6.45) is 21.0. The molecule has 1 aliphatic carbocycles. The molecule has 2 heteroatoms. The van der Waals surface area contributed by atoms with Crippen molar-refractivity contribution in [2.24, 2.45) is 11.8 Å². The van der Waals surface area contributed by atoms with E-state index < -0.39 is 0 Å². The SMILES string of the molecule is CCCCCCCCCC1CCC(CCc2ccc(OC(=O)CCC)cc2C)CC1. The molecule has 2 rings (SSSR count). The van der Waals surface area contributed by atoms with Gasteiger partial charge in [-0.05, 0) is 61.3 Å². The van der Waals surface area contributed by atoms with Gasteiger partial charge in [-0.2, -0.15) is 0 Å². The molecule has 2 nitrogen and oxygen atoms in total. The Kier molecular flexibility index (Phi) is 12.2. The highest BCUT2D eigenvalue weighted by Crippen LogP contribution is 2.34. The minimum absolute atomic E-state index is 0.127. The maximum Gasteiger partial charge on any atom is 0.311 e. The first-order valence-corrected chi connectivity index (χ1v) is 12.9. The molecule has 0 spiro atoms. The first-order valence-electron chi connectivity index (χ1n) is 12.9. The molecule has 0 heterocycles. The van der Waals surface area contributed by atoms with Gasteiger partial charge in [0.1, 0.15) is 5.75 Å². The number of unbranched alkanes of at least 4 members (excludes halogenated alkanes) is 6. The smallest absolute Gasteiger partial charge is 0.311 e. The van der Waals surface area contributed by atoms with Crippen LogP contribution >= 0.6 is 0 Å². The monoisotopic (exact) mass is 414 g/mol. The summed E-state index contributed by atoms with van der Waals surface area (Å²) < 4.78 is 5.42. The van der Waals surface area contributed by atoms with E-state index in [-0.39, 0.29) is 5.97 Å². The standard InChI is InChI=1S/C28H46O2/c1-4-6-7-8-9-10-11-13-24-14-16-25(17-15-24)18-19-26-20-21-27(22-23(26)3)30-28(29)12-5-2/h20-22,24-25H,4-19H2,1-3H3. The number of benzene rings is 1. The lowest BCUT2D eigenvalue weighted by Gasteiger charge is -2.28. The quantitative estimate of drug-likeness (QED) is 0.173. The molecule has 0 radical (unpaired) electrons. The van der Waals surface area contributed by atoms with Crippen LogP contribution in [-0.2, 0) is 11.2 Å². The first-order chi connectivity index (χ1) is 14.6. The third-order valence-corrected chi connectivity index (χ3v) is 7.00. The normalized spacial score (nSPS) is 19.0. The Hall–Kier alpha value is -1.31. The summed E-state index contributed by atoms with van der Waals surface area (Å²) >= 11 is 0. The molecule has 30 heavy (non-hydrogen) atoms. The lowest BCUT2D eigenvalue weighted by atomic mass is 9.77. The van der Waals surface area contributed by atoms with E-state index in [1.807, 2.05) is 19.1 Å². The first kappa shape index (κ1) is 25.0. The van der Waals surface area contributed by atoms with Gasteiger partial charge in [-0.15, -0.1) is 0 Å². The van der Waals surface area contributed by atoms with Crippen molar-refractivity contribution in [3.8, 4) is 5.75 Å². The number of rotatable bonds is 14. The van der Waals surface area contributed by atoms with Gasteiger partial charge < -0.3 is 4.74 Å². The number of hydrogen-bond acceptors (Lipinski definition) is 2. The molecular weight excluding hydrogens is 368 g/mol. The predicted octanol–water partition coefficient (Wildman–Crippen LogP) is 8.58. The Morgan fingerprint density at radius 1 is 0.867 bits per heavy atom. The summed E-state index contributed by atoms with van der Waals surface area (Å²) in [6.45, 7) is 6.44. The zero-order valence-corrected chi connectivity index (χ0v) is 20.0. The fraction of sp³-hybridized carbons (Fsp3) is 0.750. The highest BCUT2D eigenvalue weighted by Gasteiger charge is 2.21. The summed E-state index contributed by atoms with van der Waals surface area (Å²) in [5.74, 6) is 2.46.